The minimum atomic E-state index is -0.939. The lowest BCUT2D eigenvalue weighted by atomic mass is 9.95. The van der Waals surface area contributed by atoms with Crippen molar-refractivity contribution in [1.82, 2.24) is 4.98 Å². The van der Waals surface area contributed by atoms with Crippen LogP contribution < -0.4 is 19.1 Å². The smallest absolute Gasteiger partial charge is 0.301 e. The first kappa shape index (κ1) is 27.2. The highest BCUT2D eigenvalue weighted by molar-refractivity contribution is 7.22. The van der Waals surface area contributed by atoms with E-state index in [1.165, 1.54) is 23.3 Å². The Morgan fingerprint density at radius 3 is 2.52 bits per heavy atom. The molecule has 8 nitrogen and oxygen atoms in total. The number of amides is 1. The predicted octanol–water partition coefficient (Wildman–Crippen LogP) is 6.51. The van der Waals surface area contributed by atoms with Crippen LogP contribution in [-0.2, 0) is 9.59 Å². The lowest BCUT2D eigenvalue weighted by Gasteiger charge is -2.24. The van der Waals surface area contributed by atoms with Crippen LogP contribution in [-0.4, -0.2) is 42.1 Å². The number of rotatable bonds is 10. The normalized spacial score (nSPS) is 16.5. The van der Waals surface area contributed by atoms with Crippen molar-refractivity contribution in [3.8, 4) is 17.2 Å². The maximum atomic E-state index is 13.6. The van der Waals surface area contributed by atoms with Gasteiger partial charge in [-0.15, -0.1) is 0 Å². The van der Waals surface area contributed by atoms with Gasteiger partial charge in [0.05, 0.1) is 42.2 Å². The number of benzene rings is 3. The van der Waals surface area contributed by atoms with Gasteiger partial charge >= 0.3 is 5.91 Å². The number of Topliss-reactive ketones (excluding diaryl/α,β-unsaturated/α-hetero) is 1. The number of hydrogen-bond donors (Lipinski definition) is 1. The first-order valence-corrected chi connectivity index (χ1v) is 14.0. The summed E-state index contributed by atoms with van der Waals surface area (Å²) in [6.45, 7) is 5.04. The van der Waals surface area contributed by atoms with Gasteiger partial charge in [0.1, 0.15) is 11.5 Å². The Hall–Kier alpha value is -4.37. The Balaban J connectivity index is 1.66. The average Bonchev–Trinajstić information content (AvgIpc) is 3.51. The van der Waals surface area contributed by atoms with Gasteiger partial charge in [-0.3, -0.25) is 14.5 Å². The zero-order chi connectivity index (χ0) is 28.2. The standard InChI is InChI=1S/C31H30N2O6S/c1-4-6-16-39-23-15-12-20(17-24(23)37-3)27-26(28(34)19-10-8-7-9-11-19)29(35)30(36)33(27)31-32-22-14-13-21(38-5-2)18-25(22)40-31/h7-15,17-18,27,34H,4-6,16H2,1-3H3. The molecule has 0 spiro atoms. The number of nitrogens with zero attached hydrogens (tertiary/aromatic N) is 2. The molecule has 1 aromatic heterocycles. The number of aromatic nitrogens is 1. The second-order valence-electron chi connectivity index (χ2n) is 9.21. The number of thiazole rings is 1. The number of methoxy groups -OCH3 is 1. The summed E-state index contributed by atoms with van der Waals surface area (Å²) in [7, 11) is 1.54. The highest BCUT2D eigenvalue weighted by atomic mass is 32.1. The molecule has 1 amide bonds. The molecular formula is C31H30N2O6S. The molecule has 40 heavy (non-hydrogen) atoms. The molecule has 9 heteroatoms. The van der Waals surface area contributed by atoms with Gasteiger partial charge in [0.25, 0.3) is 5.78 Å². The molecule has 0 aliphatic carbocycles. The van der Waals surface area contributed by atoms with Crippen molar-refractivity contribution in [1.29, 1.82) is 0 Å². The van der Waals surface area contributed by atoms with Crippen molar-refractivity contribution < 1.29 is 28.9 Å². The summed E-state index contributed by atoms with van der Waals surface area (Å²) in [4.78, 5) is 33.2. The number of ketones is 1. The van der Waals surface area contributed by atoms with E-state index in [9.17, 15) is 14.7 Å². The quantitative estimate of drug-likeness (QED) is 0.103. The van der Waals surface area contributed by atoms with Crippen LogP contribution in [0.2, 0.25) is 0 Å². The Morgan fingerprint density at radius 2 is 1.80 bits per heavy atom. The highest BCUT2D eigenvalue weighted by Gasteiger charge is 2.48. The van der Waals surface area contributed by atoms with Crippen LogP contribution in [0.3, 0.4) is 0 Å². The highest BCUT2D eigenvalue weighted by Crippen LogP contribution is 2.46. The van der Waals surface area contributed by atoms with Crippen LogP contribution in [0, 0.1) is 0 Å². The van der Waals surface area contributed by atoms with Crippen molar-refractivity contribution in [3.05, 3.63) is 83.4 Å². The van der Waals surface area contributed by atoms with E-state index in [-0.39, 0.29) is 11.3 Å². The Bertz CT molecular complexity index is 1580. The molecule has 1 atom stereocenters. The van der Waals surface area contributed by atoms with Crippen molar-refractivity contribution >= 4 is 44.1 Å². The topological polar surface area (TPSA) is 98.2 Å². The van der Waals surface area contributed by atoms with Gasteiger partial charge in [0.2, 0.25) is 0 Å². The molecule has 1 aliphatic heterocycles. The number of ether oxygens (including phenoxy) is 3. The van der Waals surface area contributed by atoms with E-state index in [2.05, 4.69) is 11.9 Å². The maximum Gasteiger partial charge on any atom is 0.301 e. The molecule has 4 aromatic rings. The van der Waals surface area contributed by atoms with Crippen LogP contribution >= 0.6 is 11.3 Å². The zero-order valence-electron chi connectivity index (χ0n) is 22.5. The molecule has 1 aliphatic rings. The van der Waals surface area contributed by atoms with Gasteiger partial charge in [-0.25, -0.2) is 4.98 Å². The Morgan fingerprint density at radius 1 is 1.00 bits per heavy atom. The minimum absolute atomic E-state index is 0.0211. The first-order chi connectivity index (χ1) is 19.5. The van der Waals surface area contributed by atoms with E-state index in [1.54, 1.807) is 42.5 Å². The molecule has 2 heterocycles. The first-order valence-electron chi connectivity index (χ1n) is 13.2. The number of hydrogen-bond acceptors (Lipinski definition) is 8. The van der Waals surface area contributed by atoms with E-state index in [0.717, 1.165) is 17.5 Å². The molecular weight excluding hydrogens is 528 g/mol. The van der Waals surface area contributed by atoms with Gasteiger partial charge in [0.15, 0.2) is 16.6 Å². The number of aliphatic hydroxyl groups is 1. The summed E-state index contributed by atoms with van der Waals surface area (Å²) in [5.41, 5.74) is 1.66. The average molecular weight is 559 g/mol. The number of unbranched alkanes of at least 4 members (excludes halogenated alkanes) is 1. The van der Waals surface area contributed by atoms with Gasteiger partial charge in [-0.2, -0.15) is 0 Å². The van der Waals surface area contributed by atoms with Crippen LogP contribution in [0.4, 0.5) is 5.13 Å². The summed E-state index contributed by atoms with van der Waals surface area (Å²) in [6, 6.07) is 18.6. The lowest BCUT2D eigenvalue weighted by Crippen LogP contribution is -2.29. The zero-order valence-corrected chi connectivity index (χ0v) is 23.4. The number of fused-ring (bicyclic) bond motifs is 1. The van der Waals surface area contributed by atoms with E-state index < -0.39 is 17.7 Å². The van der Waals surface area contributed by atoms with Crippen LogP contribution in [0.25, 0.3) is 16.0 Å². The molecule has 206 valence electrons. The molecule has 5 rings (SSSR count). The fourth-order valence-corrected chi connectivity index (χ4v) is 5.67. The van der Waals surface area contributed by atoms with Crippen molar-refractivity contribution in [3.63, 3.8) is 0 Å². The molecule has 1 unspecified atom stereocenters. The molecule has 0 bridgehead atoms. The molecule has 3 aromatic carbocycles. The van der Waals surface area contributed by atoms with Crippen molar-refractivity contribution in [2.45, 2.75) is 32.7 Å². The molecule has 0 saturated carbocycles. The van der Waals surface area contributed by atoms with Crippen LogP contribution in [0.1, 0.15) is 43.9 Å². The number of carbonyl (C=O) groups excluding carboxylic acids is 2. The minimum Gasteiger partial charge on any atom is -0.507 e. The van der Waals surface area contributed by atoms with Gasteiger partial charge in [-0.05, 0) is 49.2 Å². The third-order valence-corrected chi connectivity index (χ3v) is 7.63. The third kappa shape index (κ3) is 5.12. The maximum absolute atomic E-state index is 13.6. The second-order valence-corrected chi connectivity index (χ2v) is 10.2. The second kappa shape index (κ2) is 11.8. The summed E-state index contributed by atoms with van der Waals surface area (Å²) in [5, 5.41) is 11.7. The summed E-state index contributed by atoms with van der Waals surface area (Å²) in [6.07, 6.45) is 1.88. The summed E-state index contributed by atoms with van der Waals surface area (Å²) < 4.78 is 17.9. The van der Waals surface area contributed by atoms with Gasteiger partial charge < -0.3 is 19.3 Å². The monoisotopic (exact) mass is 558 g/mol. The predicted molar refractivity (Wildman–Crippen MR) is 155 cm³/mol. The van der Waals surface area contributed by atoms with E-state index in [0.29, 0.717) is 52.2 Å². The SMILES string of the molecule is CCCCOc1ccc(C2C(=C(O)c3ccccc3)C(=O)C(=O)N2c2nc3ccc(OCC)cc3s2)cc1OC. The molecule has 1 N–H and O–H groups in total. The van der Waals surface area contributed by atoms with Crippen molar-refractivity contribution in [2.24, 2.45) is 0 Å². The molecule has 0 radical (unpaired) electrons. The Labute approximate surface area is 236 Å². The van der Waals surface area contributed by atoms with Crippen LogP contribution in [0.5, 0.6) is 17.2 Å². The lowest BCUT2D eigenvalue weighted by molar-refractivity contribution is -0.132. The largest absolute Gasteiger partial charge is 0.507 e. The summed E-state index contributed by atoms with van der Waals surface area (Å²) in [5.74, 6) is -0.103. The fraction of sp³-hybridized carbons (Fsp3) is 0.258. The van der Waals surface area contributed by atoms with Gasteiger partial charge in [0, 0.05) is 5.56 Å². The van der Waals surface area contributed by atoms with E-state index in [1.807, 2.05) is 31.2 Å². The Kier molecular flexibility index (Phi) is 8.02. The summed E-state index contributed by atoms with van der Waals surface area (Å²) >= 11 is 1.28. The number of anilines is 1. The molecule has 1 saturated heterocycles. The molecule has 1 fully saturated rings. The van der Waals surface area contributed by atoms with Crippen molar-refractivity contribution in [2.75, 3.05) is 25.2 Å². The number of carbonyl (C=O) groups is 2. The van der Waals surface area contributed by atoms with Gasteiger partial charge in [-0.1, -0.05) is 61.1 Å². The van der Waals surface area contributed by atoms with E-state index in [4.69, 9.17) is 14.2 Å². The fourth-order valence-electron chi connectivity index (χ4n) is 4.65. The number of aliphatic hydroxyl groups excluding tert-OH is 1. The third-order valence-electron chi connectivity index (χ3n) is 6.62. The van der Waals surface area contributed by atoms with Crippen LogP contribution in [0.15, 0.2) is 72.3 Å². The van der Waals surface area contributed by atoms with E-state index >= 15 is 0 Å².